The lowest BCUT2D eigenvalue weighted by molar-refractivity contribution is 0.0637. The van der Waals surface area contributed by atoms with Crippen LogP contribution < -0.4 is 0 Å². The van der Waals surface area contributed by atoms with E-state index in [1.54, 1.807) is 17.0 Å². The van der Waals surface area contributed by atoms with E-state index in [0.717, 1.165) is 12.8 Å². The first kappa shape index (κ1) is 17.1. The topological polar surface area (TPSA) is 91.8 Å². The van der Waals surface area contributed by atoms with Crippen molar-refractivity contribution in [1.82, 2.24) is 25.5 Å². The molecule has 0 radical (unpaired) electrons. The van der Waals surface area contributed by atoms with Crippen molar-refractivity contribution in [1.29, 1.82) is 0 Å². The maximum absolute atomic E-state index is 13.1. The van der Waals surface area contributed by atoms with Gasteiger partial charge in [0.15, 0.2) is 5.78 Å². The van der Waals surface area contributed by atoms with Crippen LogP contribution in [0.4, 0.5) is 0 Å². The summed E-state index contributed by atoms with van der Waals surface area (Å²) in [6.07, 6.45) is 1.60. The monoisotopic (exact) mass is 361 g/mol. The highest BCUT2D eigenvalue weighted by molar-refractivity contribution is 6.01. The standard InChI is InChI=1S/C20H19N5O2/c26-18(14-7-2-1-3-8-14)15-9-6-12-25(13-15)20(27)17-11-5-4-10-16(17)19-21-23-24-22-19/h1-5,7-8,10-11,15H,6,9,12-13H2,(H,21,22,23,24). The molecule has 136 valence electrons. The highest BCUT2D eigenvalue weighted by atomic mass is 16.2. The van der Waals surface area contributed by atoms with Crippen molar-refractivity contribution in [2.24, 2.45) is 5.92 Å². The van der Waals surface area contributed by atoms with Crippen molar-refractivity contribution in [3.8, 4) is 11.4 Å². The van der Waals surface area contributed by atoms with Crippen LogP contribution in [0.15, 0.2) is 54.6 Å². The van der Waals surface area contributed by atoms with Gasteiger partial charge < -0.3 is 4.90 Å². The number of tetrazole rings is 1. The Bertz CT molecular complexity index is 940. The summed E-state index contributed by atoms with van der Waals surface area (Å²) in [5, 5.41) is 14.0. The van der Waals surface area contributed by atoms with Gasteiger partial charge in [-0.15, -0.1) is 10.2 Å². The number of carbonyl (C=O) groups is 2. The third-order valence-electron chi connectivity index (χ3n) is 4.88. The molecule has 2 heterocycles. The van der Waals surface area contributed by atoms with E-state index in [2.05, 4.69) is 20.6 Å². The zero-order chi connectivity index (χ0) is 18.6. The fraction of sp³-hybridized carbons (Fsp3) is 0.250. The fourth-order valence-electron chi connectivity index (χ4n) is 3.52. The molecule has 7 heteroatoms. The first-order chi connectivity index (χ1) is 13.2. The molecule has 0 aliphatic carbocycles. The highest BCUT2D eigenvalue weighted by Crippen LogP contribution is 2.25. The highest BCUT2D eigenvalue weighted by Gasteiger charge is 2.30. The van der Waals surface area contributed by atoms with Gasteiger partial charge in [-0.25, -0.2) is 0 Å². The minimum Gasteiger partial charge on any atom is -0.338 e. The molecule has 0 saturated carbocycles. The van der Waals surface area contributed by atoms with E-state index in [4.69, 9.17) is 0 Å². The number of rotatable bonds is 4. The van der Waals surface area contributed by atoms with Crippen molar-refractivity contribution in [3.63, 3.8) is 0 Å². The lowest BCUT2D eigenvalue weighted by Gasteiger charge is -2.32. The molecular weight excluding hydrogens is 342 g/mol. The van der Waals surface area contributed by atoms with Crippen molar-refractivity contribution in [2.75, 3.05) is 13.1 Å². The number of hydrogen-bond donors (Lipinski definition) is 1. The first-order valence-electron chi connectivity index (χ1n) is 8.95. The zero-order valence-electron chi connectivity index (χ0n) is 14.7. The van der Waals surface area contributed by atoms with Crippen LogP contribution in [-0.2, 0) is 0 Å². The molecule has 0 spiro atoms. The molecule has 1 aliphatic rings. The Balaban J connectivity index is 1.56. The van der Waals surface area contributed by atoms with Gasteiger partial charge in [-0.1, -0.05) is 48.5 Å². The lowest BCUT2D eigenvalue weighted by atomic mass is 9.89. The predicted molar refractivity (Wildman–Crippen MR) is 99.0 cm³/mol. The summed E-state index contributed by atoms with van der Waals surface area (Å²) in [6.45, 7) is 1.06. The van der Waals surface area contributed by atoms with Crippen LogP contribution in [0.3, 0.4) is 0 Å². The number of likely N-dealkylation sites (tertiary alicyclic amines) is 1. The summed E-state index contributed by atoms with van der Waals surface area (Å²) in [5.41, 5.74) is 1.85. The zero-order valence-corrected chi connectivity index (χ0v) is 14.7. The average molecular weight is 361 g/mol. The number of piperidine rings is 1. The number of hydrogen-bond acceptors (Lipinski definition) is 5. The van der Waals surface area contributed by atoms with Crippen molar-refractivity contribution < 1.29 is 9.59 Å². The largest absolute Gasteiger partial charge is 0.338 e. The Hall–Kier alpha value is -3.35. The Kier molecular flexibility index (Phi) is 4.74. The molecule has 1 aromatic heterocycles. The molecule has 1 N–H and O–H groups in total. The van der Waals surface area contributed by atoms with Gasteiger partial charge >= 0.3 is 0 Å². The van der Waals surface area contributed by atoms with Crippen molar-refractivity contribution in [3.05, 3.63) is 65.7 Å². The number of aromatic nitrogens is 4. The molecule has 27 heavy (non-hydrogen) atoms. The van der Waals surface area contributed by atoms with Gasteiger partial charge in [0, 0.05) is 30.1 Å². The summed E-state index contributed by atoms with van der Waals surface area (Å²) in [6, 6.07) is 16.5. The van der Waals surface area contributed by atoms with Gasteiger partial charge in [0.05, 0.1) is 5.56 Å². The van der Waals surface area contributed by atoms with E-state index in [1.165, 1.54) is 0 Å². The van der Waals surface area contributed by atoms with Gasteiger partial charge in [0.1, 0.15) is 0 Å². The van der Waals surface area contributed by atoms with Crippen molar-refractivity contribution in [2.45, 2.75) is 12.8 Å². The maximum atomic E-state index is 13.1. The van der Waals surface area contributed by atoms with E-state index in [0.29, 0.717) is 35.6 Å². The number of H-pyrrole nitrogens is 1. The Morgan fingerprint density at radius 2 is 1.81 bits per heavy atom. The molecule has 3 aromatic rings. The molecule has 1 unspecified atom stereocenters. The van der Waals surface area contributed by atoms with E-state index in [1.807, 2.05) is 42.5 Å². The number of ketones is 1. The van der Waals surface area contributed by atoms with Crippen LogP contribution in [0.1, 0.15) is 33.6 Å². The van der Waals surface area contributed by atoms with Gasteiger partial charge in [-0.05, 0) is 24.1 Å². The van der Waals surface area contributed by atoms with Crippen LogP contribution in [0.2, 0.25) is 0 Å². The third kappa shape index (κ3) is 3.48. The van der Waals surface area contributed by atoms with E-state index >= 15 is 0 Å². The van der Waals surface area contributed by atoms with Crippen LogP contribution in [-0.4, -0.2) is 50.3 Å². The van der Waals surface area contributed by atoms with Crippen LogP contribution in [0.25, 0.3) is 11.4 Å². The number of nitrogens with one attached hydrogen (secondary N) is 1. The molecular formula is C20H19N5O2. The molecule has 0 bridgehead atoms. The van der Waals surface area contributed by atoms with Gasteiger partial charge in [0.25, 0.3) is 5.91 Å². The van der Waals surface area contributed by atoms with E-state index in [9.17, 15) is 9.59 Å². The van der Waals surface area contributed by atoms with Gasteiger partial charge in [0.2, 0.25) is 5.82 Å². The second-order valence-electron chi connectivity index (χ2n) is 6.60. The molecule has 1 aliphatic heterocycles. The van der Waals surface area contributed by atoms with Gasteiger partial charge in [-0.2, -0.15) is 5.21 Å². The summed E-state index contributed by atoms with van der Waals surface area (Å²) in [7, 11) is 0. The fourth-order valence-corrected chi connectivity index (χ4v) is 3.52. The minimum atomic E-state index is -0.178. The summed E-state index contributed by atoms with van der Waals surface area (Å²) in [4.78, 5) is 27.7. The maximum Gasteiger partial charge on any atom is 0.254 e. The molecule has 1 saturated heterocycles. The van der Waals surface area contributed by atoms with Crippen LogP contribution in [0, 0.1) is 5.92 Å². The van der Waals surface area contributed by atoms with Crippen LogP contribution in [0.5, 0.6) is 0 Å². The first-order valence-corrected chi connectivity index (χ1v) is 8.95. The summed E-state index contributed by atoms with van der Waals surface area (Å²) < 4.78 is 0. The Morgan fingerprint density at radius 3 is 2.59 bits per heavy atom. The number of benzene rings is 2. The average Bonchev–Trinajstić information content (AvgIpc) is 3.28. The molecule has 1 fully saturated rings. The lowest BCUT2D eigenvalue weighted by Crippen LogP contribution is -2.42. The van der Waals surface area contributed by atoms with E-state index in [-0.39, 0.29) is 17.6 Å². The SMILES string of the molecule is O=C(c1ccccc1)C1CCCN(C(=O)c2ccccc2-c2nn[nH]n2)C1. The summed E-state index contributed by atoms with van der Waals surface area (Å²) in [5.74, 6) is 0.191. The molecule has 1 amide bonds. The second-order valence-corrected chi connectivity index (χ2v) is 6.60. The Labute approximate surface area is 156 Å². The quantitative estimate of drug-likeness (QED) is 0.721. The summed E-state index contributed by atoms with van der Waals surface area (Å²) >= 11 is 0. The second kappa shape index (κ2) is 7.49. The predicted octanol–water partition coefficient (Wildman–Crippen LogP) is 2.60. The number of aromatic amines is 1. The number of Topliss-reactive ketones (excluding diaryl/α,β-unsaturated/α-hetero) is 1. The molecule has 2 aromatic carbocycles. The third-order valence-corrected chi connectivity index (χ3v) is 4.88. The van der Waals surface area contributed by atoms with Gasteiger partial charge in [-0.3, -0.25) is 9.59 Å². The number of amides is 1. The normalized spacial score (nSPS) is 16.9. The number of nitrogens with zero attached hydrogens (tertiary/aromatic N) is 4. The van der Waals surface area contributed by atoms with Crippen LogP contribution >= 0.6 is 0 Å². The molecule has 7 nitrogen and oxygen atoms in total. The molecule has 1 atom stereocenters. The number of carbonyl (C=O) groups excluding carboxylic acids is 2. The smallest absolute Gasteiger partial charge is 0.254 e. The molecule has 4 rings (SSSR count). The van der Waals surface area contributed by atoms with E-state index < -0.39 is 0 Å². The minimum absolute atomic E-state index is 0.0968. The Morgan fingerprint density at radius 1 is 1.04 bits per heavy atom. The van der Waals surface area contributed by atoms with Crippen molar-refractivity contribution >= 4 is 11.7 Å².